The Labute approximate surface area is 51.9 Å². The van der Waals surface area contributed by atoms with Crippen molar-refractivity contribution >= 4 is 5.97 Å². The first-order valence-corrected chi connectivity index (χ1v) is 2.61. The number of hydrogen-bond donors (Lipinski definition) is 1. The summed E-state index contributed by atoms with van der Waals surface area (Å²) < 4.78 is 0. The molecule has 1 rings (SSSR count). The van der Waals surface area contributed by atoms with E-state index in [1.54, 1.807) is 6.08 Å². The highest BCUT2D eigenvalue weighted by Gasteiger charge is 2.06. The Bertz CT molecular complexity index is 183. The van der Waals surface area contributed by atoms with Crippen molar-refractivity contribution in [2.75, 3.05) is 6.54 Å². The van der Waals surface area contributed by atoms with Crippen molar-refractivity contribution in [3.05, 3.63) is 11.8 Å². The first-order valence-electron chi connectivity index (χ1n) is 2.61. The minimum absolute atomic E-state index is 0.0567. The van der Waals surface area contributed by atoms with Crippen LogP contribution in [0, 0.1) is 0 Å². The van der Waals surface area contributed by atoms with E-state index in [9.17, 15) is 4.79 Å². The molecule has 0 amide bonds. The van der Waals surface area contributed by atoms with E-state index in [2.05, 4.69) is 10.2 Å². The maximum absolute atomic E-state index is 10.1. The third kappa shape index (κ3) is 1.35. The van der Waals surface area contributed by atoms with Crippen molar-refractivity contribution in [2.24, 2.45) is 10.2 Å². The maximum Gasteiger partial charge on any atom is 0.356 e. The molecular formula is C5H6N2O2. The van der Waals surface area contributed by atoms with Gasteiger partial charge in [0.25, 0.3) is 0 Å². The summed E-state index contributed by atoms with van der Waals surface area (Å²) >= 11 is 0. The third-order valence-corrected chi connectivity index (χ3v) is 0.964. The standard InChI is InChI=1S/C5H6N2O2/c8-5(9)4-2-1-3-6-7-4/h2H,1,3H2,(H,8,9). The molecular weight excluding hydrogens is 120 g/mol. The fraction of sp³-hybridized carbons (Fsp3) is 0.400. The van der Waals surface area contributed by atoms with E-state index in [-0.39, 0.29) is 5.70 Å². The van der Waals surface area contributed by atoms with Crippen molar-refractivity contribution in [2.45, 2.75) is 6.42 Å². The second-order valence-electron chi connectivity index (χ2n) is 1.65. The van der Waals surface area contributed by atoms with E-state index in [4.69, 9.17) is 5.11 Å². The molecule has 4 nitrogen and oxygen atoms in total. The van der Waals surface area contributed by atoms with Crippen LogP contribution >= 0.6 is 0 Å². The van der Waals surface area contributed by atoms with Crippen molar-refractivity contribution in [1.29, 1.82) is 0 Å². The number of carboxylic acid groups (broad SMARTS) is 1. The zero-order chi connectivity index (χ0) is 6.69. The van der Waals surface area contributed by atoms with Crippen LogP contribution in [0.5, 0.6) is 0 Å². The van der Waals surface area contributed by atoms with E-state index in [1.807, 2.05) is 0 Å². The molecule has 0 saturated heterocycles. The van der Waals surface area contributed by atoms with E-state index in [1.165, 1.54) is 0 Å². The fourth-order valence-electron chi connectivity index (χ4n) is 0.556. The van der Waals surface area contributed by atoms with E-state index >= 15 is 0 Å². The van der Waals surface area contributed by atoms with Crippen LogP contribution in [0.2, 0.25) is 0 Å². The summed E-state index contributed by atoms with van der Waals surface area (Å²) in [6.07, 6.45) is 2.25. The topological polar surface area (TPSA) is 62.0 Å². The van der Waals surface area contributed by atoms with Crippen LogP contribution in [-0.2, 0) is 4.79 Å². The van der Waals surface area contributed by atoms with Crippen molar-refractivity contribution in [3.8, 4) is 0 Å². The molecule has 0 unspecified atom stereocenters. The van der Waals surface area contributed by atoms with Crippen LogP contribution in [0.1, 0.15) is 6.42 Å². The van der Waals surface area contributed by atoms with Crippen LogP contribution in [-0.4, -0.2) is 17.6 Å². The average molecular weight is 126 g/mol. The van der Waals surface area contributed by atoms with Gasteiger partial charge in [0.2, 0.25) is 0 Å². The summed E-state index contributed by atoms with van der Waals surface area (Å²) in [5, 5.41) is 15.3. The molecule has 4 heteroatoms. The molecule has 1 aliphatic heterocycles. The SMILES string of the molecule is O=C(O)C1=CCCN=N1. The van der Waals surface area contributed by atoms with Gasteiger partial charge in [-0.1, -0.05) is 0 Å². The number of aliphatic carboxylic acids is 1. The quantitative estimate of drug-likeness (QED) is 0.565. The second-order valence-corrected chi connectivity index (χ2v) is 1.65. The Balaban J connectivity index is 2.69. The minimum Gasteiger partial charge on any atom is -0.476 e. The Morgan fingerprint density at radius 2 is 2.56 bits per heavy atom. The molecule has 48 valence electrons. The molecule has 1 aliphatic rings. The van der Waals surface area contributed by atoms with Gasteiger partial charge in [0.1, 0.15) is 0 Å². The molecule has 0 atom stereocenters. The van der Waals surface area contributed by atoms with Gasteiger partial charge in [-0.25, -0.2) is 4.79 Å². The molecule has 9 heavy (non-hydrogen) atoms. The maximum atomic E-state index is 10.1. The molecule has 0 spiro atoms. The Hall–Kier alpha value is -1.19. The lowest BCUT2D eigenvalue weighted by atomic mass is 10.3. The number of azo groups is 1. The fourth-order valence-corrected chi connectivity index (χ4v) is 0.556. The van der Waals surface area contributed by atoms with Gasteiger partial charge in [-0.15, -0.1) is 5.11 Å². The van der Waals surface area contributed by atoms with Crippen LogP contribution in [0.4, 0.5) is 0 Å². The summed E-state index contributed by atoms with van der Waals surface area (Å²) in [7, 11) is 0. The molecule has 0 aromatic rings. The van der Waals surface area contributed by atoms with Crippen LogP contribution < -0.4 is 0 Å². The summed E-state index contributed by atoms with van der Waals surface area (Å²) in [4.78, 5) is 10.1. The zero-order valence-corrected chi connectivity index (χ0v) is 4.74. The van der Waals surface area contributed by atoms with Crippen LogP contribution in [0.15, 0.2) is 22.0 Å². The van der Waals surface area contributed by atoms with E-state index < -0.39 is 5.97 Å². The summed E-state index contributed by atoms with van der Waals surface area (Å²) in [5.41, 5.74) is 0.0567. The number of hydrogen-bond acceptors (Lipinski definition) is 3. The van der Waals surface area contributed by atoms with Gasteiger partial charge in [-0.2, -0.15) is 5.11 Å². The molecule has 0 aromatic heterocycles. The minimum atomic E-state index is -1.00. The van der Waals surface area contributed by atoms with Crippen molar-refractivity contribution in [1.82, 2.24) is 0 Å². The first kappa shape index (κ1) is 5.94. The van der Waals surface area contributed by atoms with E-state index in [0.717, 1.165) is 0 Å². The molecule has 0 saturated carbocycles. The predicted octanol–water partition coefficient (Wildman–Crippen LogP) is 0.811. The normalized spacial score (nSPS) is 17.1. The van der Waals surface area contributed by atoms with Crippen molar-refractivity contribution < 1.29 is 9.90 Å². The van der Waals surface area contributed by atoms with Gasteiger partial charge < -0.3 is 5.11 Å². The van der Waals surface area contributed by atoms with Crippen molar-refractivity contribution in [3.63, 3.8) is 0 Å². The summed E-state index contributed by atoms with van der Waals surface area (Å²) in [6, 6.07) is 0. The highest BCUT2D eigenvalue weighted by molar-refractivity contribution is 5.85. The van der Waals surface area contributed by atoms with Gasteiger partial charge in [-0.3, -0.25) is 0 Å². The largest absolute Gasteiger partial charge is 0.476 e. The molecule has 0 radical (unpaired) electrons. The lowest BCUT2D eigenvalue weighted by Crippen LogP contribution is -2.00. The Morgan fingerprint density at radius 1 is 1.78 bits per heavy atom. The predicted molar refractivity (Wildman–Crippen MR) is 30.1 cm³/mol. The number of rotatable bonds is 1. The monoisotopic (exact) mass is 126 g/mol. The molecule has 0 aliphatic carbocycles. The molecule has 0 bridgehead atoms. The summed E-state index contributed by atoms with van der Waals surface area (Å²) in [6.45, 7) is 0.608. The first-order chi connectivity index (χ1) is 4.30. The lowest BCUT2D eigenvalue weighted by Gasteiger charge is -1.97. The second kappa shape index (κ2) is 2.39. The zero-order valence-electron chi connectivity index (χ0n) is 4.74. The Morgan fingerprint density at radius 3 is 2.89 bits per heavy atom. The number of carboxylic acids is 1. The van der Waals surface area contributed by atoms with E-state index in [0.29, 0.717) is 13.0 Å². The number of carbonyl (C=O) groups is 1. The van der Waals surface area contributed by atoms with Crippen LogP contribution in [0.3, 0.4) is 0 Å². The smallest absolute Gasteiger partial charge is 0.356 e. The lowest BCUT2D eigenvalue weighted by molar-refractivity contribution is -0.132. The molecule has 1 N–H and O–H groups in total. The molecule has 0 aromatic carbocycles. The summed E-state index contributed by atoms with van der Waals surface area (Å²) in [5.74, 6) is -1.00. The van der Waals surface area contributed by atoms with Gasteiger partial charge in [0.15, 0.2) is 5.70 Å². The van der Waals surface area contributed by atoms with Gasteiger partial charge >= 0.3 is 5.97 Å². The van der Waals surface area contributed by atoms with Crippen LogP contribution in [0.25, 0.3) is 0 Å². The van der Waals surface area contributed by atoms with Gasteiger partial charge in [0, 0.05) is 0 Å². The molecule has 1 heterocycles. The highest BCUT2D eigenvalue weighted by atomic mass is 16.4. The van der Waals surface area contributed by atoms with Gasteiger partial charge in [0.05, 0.1) is 6.54 Å². The Kier molecular flexibility index (Phi) is 1.58. The average Bonchev–Trinajstić information content (AvgIpc) is 1.90. The highest BCUT2D eigenvalue weighted by Crippen LogP contribution is 2.05. The van der Waals surface area contributed by atoms with Gasteiger partial charge in [-0.05, 0) is 12.5 Å². The number of nitrogens with zero attached hydrogens (tertiary/aromatic N) is 2. The third-order valence-electron chi connectivity index (χ3n) is 0.964. The molecule has 0 fully saturated rings.